The smallest absolute Gasteiger partial charge is 0.327 e. The van der Waals surface area contributed by atoms with E-state index in [1.54, 1.807) is 85.7 Å². The molecule has 17 atom stereocenters. The van der Waals surface area contributed by atoms with Gasteiger partial charge in [-0.1, -0.05) is 119 Å². The van der Waals surface area contributed by atoms with E-state index in [-0.39, 0.29) is 82.0 Å². The second-order valence-corrected chi connectivity index (χ2v) is 29.2. The van der Waals surface area contributed by atoms with Crippen molar-refractivity contribution in [3.63, 3.8) is 0 Å². The zero-order valence-electron chi connectivity index (χ0n) is 64.0. The van der Waals surface area contributed by atoms with E-state index in [4.69, 9.17) is 5.73 Å². The average Bonchev–Trinajstić information content (AvgIpc) is 1.75. The van der Waals surface area contributed by atoms with Gasteiger partial charge in [-0.3, -0.25) is 67.1 Å². The number of aliphatic hydroxyl groups is 3. The van der Waals surface area contributed by atoms with Crippen molar-refractivity contribution in [2.24, 2.45) is 35.3 Å². The van der Waals surface area contributed by atoms with Crippen molar-refractivity contribution in [1.29, 1.82) is 0 Å². The number of aliphatic carboxylic acids is 1. The van der Waals surface area contributed by atoms with Crippen LogP contribution >= 0.6 is 12.6 Å². The molecule has 2 aromatic rings. The first kappa shape index (κ1) is 92.1. The highest BCUT2D eigenvalue weighted by Crippen LogP contribution is 2.25. The van der Waals surface area contributed by atoms with E-state index in [0.717, 1.165) is 0 Å². The molecule has 109 heavy (non-hydrogen) atoms. The zero-order valence-corrected chi connectivity index (χ0v) is 64.9. The third kappa shape index (κ3) is 28.6. The molecule has 1 aromatic heterocycles. The predicted molar refractivity (Wildman–Crippen MR) is 400 cm³/mol. The molecule has 36 nitrogen and oxygen atoms in total. The Morgan fingerprint density at radius 2 is 0.972 bits per heavy atom. The number of likely N-dealkylation sites (tertiary alicyclic amines) is 2. The Balaban J connectivity index is 1.51. The molecular weight excluding hydrogens is 1440 g/mol. The number of rotatable bonds is 45. The first-order valence-electron chi connectivity index (χ1n) is 37.2. The topological polar surface area (TPSA) is 543 Å². The summed E-state index contributed by atoms with van der Waals surface area (Å²) in [5.41, 5.74) is 6.66. The van der Waals surface area contributed by atoms with Crippen molar-refractivity contribution < 1.29 is 92.3 Å². The average molecular weight is 1550 g/mol. The largest absolute Gasteiger partial charge is 0.480 e. The number of aromatic amines is 1. The van der Waals surface area contributed by atoms with Gasteiger partial charge < -0.3 is 105 Å². The number of hydrogen-bond acceptors (Lipinski definition) is 21. The molecule has 2 fully saturated rings. The number of thiol groups is 1. The van der Waals surface area contributed by atoms with Crippen LogP contribution in [0.4, 0.5) is 0 Å². The number of aromatic nitrogens is 2. The summed E-state index contributed by atoms with van der Waals surface area (Å²) in [6.45, 7) is 15.9. The number of carbonyl (C=O) groups excluding carboxylic acids is 14. The fourth-order valence-corrected chi connectivity index (χ4v) is 12.6. The minimum Gasteiger partial charge on any atom is -0.480 e. The first-order valence-corrected chi connectivity index (χ1v) is 37.9. The summed E-state index contributed by atoms with van der Waals surface area (Å²) in [5, 5.41) is 71.2. The van der Waals surface area contributed by atoms with Crippen LogP contribution in [0.5, 0.6) is 0 Å². The van der Waals surface area contributed by atoms with Gasteiger partial charge in [0.2, 0.25) is 82.7 Å². The molecule has 0 radical (unpaired) electrons. The number of nitrogens with zero attached hydrogens (tertiary/aromatic N) is 3. The van der Waals surface area contributed by atoms with Gasteiger partial charge in [-0.25, -0.2) is 9.78 Å². The molecule has 0 bridgehead atoms. The SMILES string of the molecule is CC[C@H](C)[C@H](NC(=O)[C@H](CO)NC(=O)[C@H](Cc1ccccc1)NC(=O)[C@@H](N)CO)C(=O)N[C@H](C(=O)N[C@@H](Cc1cnc[nH]1)C(=O)N[C@H](C(=O)N1CCC[C@H]1C(=O)N[C@H](C(=O)N[C@@H](CC(C)C)C(=O)N1CCC[C@H]1C(=O)N[C@@H](CC(C)C)C(=O)NCC(=O)NCC(=O)N[C@@H](CS)C(=O)O)[C@@H](C)CC)[C@@H](C)O)[C@@H](C)CC. The number of nitrogens with one attached hydrogen (secondary N) is 13. The number of amides is 14. The lowest BCUT2D eigenvalue weighted by Gasteiger charge is -2.34. The molecule has 2 aliphatic heterocycles. The van der Waals surface area contributed by atoms with Crippen LogP contribution in [-0.4, -0.2) is 259 Å². The number of carboxylic acid groups (broad SMARTS) is 1. The molecule has 0 unspecified atom stereocenters. The summed E-state index contributed by atoms with van der Waals surface area (Å²) in [4.78, 5) is 216. The number of hydrogen-bond donors (Lipinski definition) is 19. The highest BCUT2D eigenvalue weighted by molar-refractivity contribution is 7.80. The molecular formula is C72H115N17O19S. The van der Waals surface area contributed by atoms with Crippen molar-refractivity contribution in [3.05, 3.63) is 54.1 Å². The summed E-state index contributed by atoms with van der Waals surface area (Å²) in [6, 6.07) is -9.27. The fourth-order valence-electron chi connectivity index (χ4n) is 12.3. The maximum absolute atomic E-state index is 14.8. The first-order chi connectivity index (χ1) is 51.5. The summed E-state index contributed by atoms with van der Waals surface area (Å²) in [6.07, 6.45) is 2.82. The molecule has 0 saturated carbocycles. The molecule has 4 rings (SSSR count). The van der Waals surface area contributed by atoms with E-state index in [1.807, 2.05) is 13.8 Å². The van der Waals surface area contributed by atoms with Gasteiger partial charge in [0.05, 0.1) is 38.7 Å². The Bertz CT molecular complexity index is 3410. The third-order valence-corrected chi connectivity index (χ3v) is 19.7. The molecule has 2 aliphatic rings. The number of carboxylic acids is 1. The number of aliphatic hydroxyl groups excluding tert-OH is 3. The highest BCUT2D eigenvalue weighted by Gasteiger charge is 2.45. The van der Waals surface area contributed by atoms with Crippen LogP contribution in [0, 0.1) is 29.6 Å². The normalized spacial score (nSPS) is 18.3. The van der Waals surface area contributed by atoms with Crippen LogP contribution in [0.2, 0.25) is 0 Å². The number of benzene rings is 1. The molecule has 0 spiro atoms. The summed E-state index contributed by atoms with van der Waals surface area (Å²) in [7, 11) is 0. The Kier molecular flexibility index (Phi) is 38.5. The van der Waals surface area contributed by atoms with Gasteiger partial charge >= 0.3 is 5.97 Å². The van der Waals surface area contributed by atoms with Crippen molar-refractivity contribution in [3.8, 4) is 0 Å². The van der Waals surface area contributed by atoms with E-state index in [2.05, 4.69) is 86.4 Å². The van der Waals surface area contributed by atoms with Crippen molar-refractivity contribution >= 4 is 101 Å². The maximum atomic E-state index is 14.8. The van der Waals surface area contributed by atoms with Crippen molar-refractivity contribution in [1.82, 2.24) is 83.6 Å². The van der Waals surface area contributed by atoms with Gasteiger partial charge in [-0.2, -0.15) is 12.6 Å². The molecule has 608 valence electrons. The predicted octanol–water partition coefficient (Wildman–Crippen LogP) is -3.81. The monoisotopic (exact) mass is 1550 g/mol. The molecule has 0 aliphatic carbocycles. The van der Waals surface area contributed by atoms with E-state index in [9.17, 15) is 92.3 Å². The minimum atomic E-state index is -1.74. The summed E-state index contributed by atoms with van der Waals surface area (Å²) >= 11 is 3.89. The lowest BCUT2D eigenvalue weighted by molar-refractivity contribution is -0.145. The molecule has 2 saturated heterocycles. The quantitative estimate of drug-likeness (QED) is 0.0283. The van der Waals surface area contributed by atoms with Gasteiger partial charge in [-0.05, 0) is 80.6 Å². The van der Waals surface area contributed by atoms with Gasteiger partial charge in [-0.15, -0.1) is 0 Å². The Labute approximate surface area is 640 Å². The lowest BCUT2D eigenvalue weighted by atomic mass is 9.94. The minimum absolute atomic E-state index is 0.0296. The second-order valence-electron chi connectivity index (χ2n) is 28.9. The van der Waals surface area contributed by atoms with Crippen LogP contribution in [0.25, 0.3) is 0 Å². The lowest BCUT2D eigenvalue weighted by Crippen LogP contribution is -2.63. The maximum Gasteiger partial charge on any atom is 0.327 e. The van der Waals surface area contributed by atoms with Gasteiger partial charge in [0.25, 0.3) is 0 Å². The van der Waals surface area contributed by atoms with Gasteiger partial charge in [0.1, 0.15) is 78.5 Å². The molecule has 37 heteroatoms. The number of H-pyrrole nitrogens is 1. The molecule has 1 aromatic carbocycles. The molecule has 14 amide bonds. The standard InChI is InChI=1S/C72H115N17O19S/c1-12-39(8)56(68(103)82-49(27-38(6)7)70(105)88-24-18-22-52(88)65(100)80-46(26-37(4)5)61(96)76-31-54(93)75-32-55(94)78-51(35-109)72(107)108)85-66(101)53-23-19-25-89(53)71(106)59(42(11)92)87-63(98)48(29-44-30-74-36-77-44)81-67(102)57(40(9)13-2)86-69(104)58(41(10)14-3)84-64(99)50(34-91)83-62(97)47(79-60(95)45(73)33-90)28-43-20-16-15-17-21-43/h15-17,20-21,30,36-42,45-53,56-59,90-92,109H,12-14,18-19,22-29,31-35,73H2,1-11H3,(H,74,77)(H,75,93)(H,76,96)(H,78,94)(H,79,95)(H,80,100)(H,81,102)(H,82,103)(H,83,97)(H,84,99)(H,85,101)(H,86,104)(H,87,98)(H,107,108)/t39-,40-,41-,42+,45-,46-,47-,48-,49-,50-,51-,52-,53-,56-,57-,58-,59-/m0/s1. The van der Waals surface area contributed by atoms with Crippen LogP contribution < -0.4 is 69.5 Å². The summed E-state index contributed by atoms with van der Waals surface area (Å²) < 4.78 is 0. The van der Waals surface area contributed by atoms with Crippen LogP contribution in [0.15, 0.2) is 42.9 Å². The van der Waals surface area contributed by atoms with Crippen molar-refractivity contribution in [2.45, 2.75) is 231 Å². The third-order valence-electron chi connectivity index (χ3n) is 19.3. The van der Waals surface area contributed by atoms with E-state index in [0.29, 0.717) is 30.5 Å². The fraction of sp³-hybridized carbons (Fsp3) is 0.667. The van der Waals surface area contributed by atoms with Crippen LogP contribution in [0.1, 0.15) is 145 Å². The number of imidazole rings is 1. The van der Waals surface area contributed by atoms with Gasteiger partial charge in [0.15, 0.2) is 0 Å². The van der Waals surface area contributed by atoms with E-state index in [1.165, 1.54) is 29.2 Å². The second kappa shape index (κ2) is 45.6. The van der Waals surface area contributed by atoms with Crippen LogP contribution in [-0.2, 0) is 84.8 Å². The number of carbonyl (C=O) groups is 15. The Morgan fingerprint density at radius 1 is 0.514 bits per heavy atom. The highest BCUT2D eigenvalue weighted by atomic mass is 32.1. The zero-order chi connectivity index (χ0) is 81.5. The van der Waals surface area contributed by atoms with Crippen molar-refractivity contribution in [2.75, 3.05) is 45.1 Å². The summed E-state index contributed by atoms with van der Waals surface area (Å²) in [5.74, 6) is -15.2. The van der Waals surface area contributed by atoms with Crippen LogP contribution in [0.3, 0.4) is 0 Å². The van der Waals surface area contributed by atoms with E-state index < -0.39 is 217 Å². The Hall–Kier alpha value is -9.33. The molecule has 3 heterocycles. The number of nitrogens with two attached hydrogens (primary N) is 1. The van der Waals surface area contributed by atoms with Gasteiger partial charge in [0, 0.05) is 43.6 Å². The Morgan fingerprint density at radius 3 is 1.48 bits per heavy atom. The molecule has 19 N–H and O–H groups in total. The van der Waals surface area contributed by atoms with E-state index >= 15 is 0 Å².